The maximum atomic E-state index is 13.3. The van der Waals surface area contributed by atoms with Crippen molar-refractivity contribution in [1.82, 2.24) is 30.7 Å². The molecule has 0 saturated carbocycles. The lowest BCUT2D eigenvalue weighted by Crippen LogP contribution is -2.60. The van der Waals surface area contributed by atoms with Gasteiger partial charge in [-0.05, 0) is 43.4 Å². The van der Waals surface area contributed by atoms with Gasteiger partial charge in [0.05, 0.1) is 18.8 Å². The summed E-state index contributed by atoms with van der Waals surface area (Å²) < 4.78 is 0. The van der Waals surface area contributed by atoms with Gasteiger partial charge in [-0.3, -0.25) is 9.59 Å². The summed E-state index contributed by atoms with van der Waals surface area (Å²) in [4.78, 5) is 71.3. The monoisotopic (exact) mass is 647 g/mol. The molecule has 5 rings (SSSR count). The number of anilines is 1. The van der Waals surface area contributed by atoms with Crippen LogP contribution in [0.3, 0.4) is 0 Å². The molecule has 2 aromatic carbocycles. The number of nitrogens with one attached hydrogen (secondary N) is 3. The fourth-order valence-electron chi connectivity index (χ4n) is 6.84. The van der Waals surface area contributed by atoms with Gasteiger partial charge < -0.3 is 40.7 Å². The van der Waals surface area contributed by atoms with Crippen molar-refractivity contribution in [3.63, 3.8) is 0 Å². The third kappa shape index (κ3) is 6.98. The third-order valence-electron chi connectivity index (χ3n) is 9.73. The minimum atomic E-state index is -1.34. The summed E-state index contributed by atoms with van der Waals surface area (Å²) in [5.74, 6) is -1.52. The molecule has 252 valence electrons. The molecular formula is C34H45N7O6. The topological polar surface area (TPSA) is 155 Å². The maximum absolute atomic E-state index is 13.3. The molecule has 3 aliphatic heterocycles. The zero-order valence-corrected chi connectivity index (χ0v) is 27.3. The number of likely N-dealkylation sites (N-methyl/N-ethyl adjacent to an activating group) is 1. The van der Waals surface area contributed by atoms with E-state index in [0.717, 1.165) is 11.3 Å². The Morgan fingerprint density at radius 1 is 0.830 bits per heavy atom. The van der Waals surface area contributed by atoms with Crippen molar-refractivity contribution in [2.45, 2.75) is 56.7 Å². The predicted molar refractivity (Wildman–Crippen MR) is 175 cm³/mol. The van der Waals surface area contributed by atoms with Crippen molar-refractivity contribution in [3.8, 4) is 0 Å². The predicted octanol–water partition coefficient (Wildman–Crippen LogP) is 2.39. The van der Waals surface area contributed by atoms with Crippen LogP contribution >= 0.6 is 0 Å². The Hall–Kier alpha value is -4.81. The zero-order valence-electron chi connectivity index (χ0n) is 27.3. The van der Waals surface area contributed by atoms with Crippen molar-refractivity contribution in [1.29, 1.82) is 0 Å². The Labute approximate surface area is 275 Å². The van der Waals surface area contributed by atoms with Crippen molar-refractivity contribution in [3.05, 3.63) is 66.2 Å². The van der Waals surface area contributed by atoms with Gasteiger partial charge in [0, 0.05) is 44.8 Å². The van der Waals surface area contributed by atoms with Crippen LogP contribution in [-0.4, -0.2) is 108 Å². The second-order valence-corrected chi connectivity index (χ2v) is 13.0. The van der Waals surface area contributed by atoms with E-state index in [1.807, 2.05) is 74.5 Å². The van der Waals surface area contributed by atoms with Crippen LogP contribution in [0.15, 0.2) is 60.7 Å². The van der Waals surface area contributed by atoms with E-state index in [0.29, 0.717) is 58.5 Å². The Balaban J connectivity index is 1.15. The van der Waals surface area contributed by atoms with E-state index in [2.05, 4.69) is 20.9 Å². The van der Waals surface area contributed by atoms with Gasteiger partial charge in [0.2, 0.25) is 11.8 Å². The van der Waals surface area contributed by atoms with E-state index in [1.54, 1.807) is 21.7 Å². The smallest absolute Gasteiger partial charge is 0.328 e. The zero-order chi connectivity index (χ0) is 33.8. The molecule has 0 bridgehead atoms. The lowest BCUT2D eigenvalue weighted by molar-refractivity contribution is -0.139. The van der Waals surface area contributed by atoms with Crippen LogP contribution < -0.4 is 20.9 Å². The lowest BCUT2D eigenvalue weighted by Gasteiger charge is -2.43. The highest BCUT2D eigenvalue weighted by molar-refractivity contribution is 5.93. The van der Waals surface area contributed by atoms with Crippen LogP contribution in [0.25, 0.3) is 0 Å². The molecule has 1 atom stereocenters. The number of aliphatic carboxylic acids is 1. The van der Waals surface area contributed by atoms with Gasteiger partial charge in [-0.25, -0.2) is 14.4 Å². The van der Waals surface area contributed by atoms with Gasteiger partial charge in [0.25, 0.3) is 0 Å². The second-order valence-electron chi connectivity index (χ2n) is 13.0. The number of carbonyl (C=O) groups excluding carboxylic acids is 4. The van der Waals surface area contributed by atoms with Gasteiger partial charge in [-0.15, -0.1) is 0 Å². The summed E-state index contributed by atoms with van der Waals surface area (Å²) in [6, 6.07) is 17.1. The Bertz CT molecular complexity index is 1450. The van der Waals surface area contributed by atoms with Gasteiger partial charge in [-0.1, -0.05) is 62.4 Å². The normalized spacial score (nSPS) is 19.4. The number of rotatable bonds is 8. The summed E-state index contributed by atoms with van der Waals surface area (Å²) >= 11 is 0. The van der Waals surface area contributed by atoms with Gasteiger partial charge in [0.1, 0.15) is 11.6 Å². The van der Waals surface area contributed by atoms with Crippen LogP contribution in [0.1, 0.15) is 45.1 Å². The van der Waals surface area contributed by atoms with Crippen molar-refractivity contribution in [2.24, 2.45) is 5.92 Å². The van der Waals surface area contributed by atoms with Crippen LogP contribution in [0.2, 0.25) is 0 Å². The fourth-order valence-corrected chi connectivity index (χ4v) is 6.84. The molecule has 47 heavy (non-hydrogen) atoms. The molecule has 0 aliphatic carbocycles. The number of likely N-dealkylation sites (tertiary alicyclic amines) is 2. The molecule has 6 amide bonds. The number of nitrogens with zero attached hydrogens (tertiary/aromatic N) is 4. The van der Waals surface area contributed by atoms with Crippen LogP contribution in [0, 0.1) is 5.92 Å². The van der Waals surface area contributed by atoms with Gasteiger partial charge in [-0.2, -0.15) is 0 Å². The average molecular weight is 648 g/mol. The highest BCUT2D eigenvalue weighted by Crippen LogP contribution is 2.39. The fraction of sp³-hybridized carbons (Fsp3) is 0.500. The van der Waals surface area contributed by atoms with Crippen LogP contribution in [-0.2, 0) is 19.9 Å². The highest BCUT2D eigenvalue weighted by atomic mass is 16.4. The van der Waals surface area contributed by atoms with Crippen molar-refractivity contribution >= 4 is 35.5 Å². The van der Waals surface area contributed by atoms with E-state index in [1.165, 1.54) is 0 Å². The summed E-state index contributed by atoms with van der Waals surface area (Å²) in [6.07, 6.45) is 1.81. The number of hydrogen-bond donors (Lipinski definition) is 4. The minimum absolute atomic E-state index is 0.0242. The second kappa shape index (κ2) is 13.9. The third-order valence-corrected chi connectivity index (χ3v) is 9.73. The van der Waals surface area contributed by atoms with Crippen LogP contribution in [0.5, 0.6) is 0 Å². The lowest BCUT2D eigenvalue weighted by atomic mass is 9.80. The standard InChI is InChI=1S/C34H45N7O6/c1-24(2)28(42)37-33(25-10-6-4-7-11-25)14-18-40(19-15-33)32(47)36-27(29(43)44)22-35-31(46)39-20-16-34(17-21-39)30(45)38(3)23-41(34)26-12-8-5-9-13-26/h4-13,24,27H,14-23H2,1-3H3,(H,35,46)(H,36,47)(H,37,42)(H,43,44). The number of carboxylic acid groups (broad SMARTS) is 1. The first-order chi connectivity index (χ1) is 22.5. The minimum Gasteiger partial charge on any atom is -0.480 e. The number of amides is 6. The van der Waals surface area contributed by atoms with E-state index in [9.17, 15) is 29.1 Å². The molecule has 13 heteroatoms. The highest BCUT2D eigenvalue weighted by Gasteiger charge is 2.53. The number of piperidine rings is 2. The molecule has 1 spiro atoms. The molecule has 1 unspecified atom stereocenters. The molecule has 2 aromatic rings. The molecule has 3 heterocycles. The molecule has 3 aliphatic rings. The number of para-hydroxylation sites is 1. The van der Waals surface area contributed by atoms with Crippen molar-refractivity contribution in [2.75, 3.05) is 51.3 Å². The summed E-state index contributed by atoms with van der Waals surface area (Å²) in [5.41, 5.74) is 0.529. The largest absolute Gasteiger partial charge is 0.480 e. The molecule has 13 nitrogen and oxygen atoms in total. The van der Waals surface area contributed by atoms with E-state index >= 15 is 0 Å². The molecule has 0 aromatic heterocycles. The van der Waals surface area contributed by atoms with Gasteiger partial charge >= 0.3 is 18.0 Å². The summed E-state index contributed by atoms with van der Waals surface area (Å²) in [6.45, 7) is 5.09. The Morgan fingerprint density at radius 2 is 1.38 bits per heavy atom. The van der Waals surface area contributed by atoms with Crippen LogP contribution in [0.4, 0.5) is 15.3 Å². The number of carbonyl (C=O) groups is 5. The Morgan fingerprint density at radius 3 is 1.96 bits per heavy atom. The number of carboxylic acids is 1. The van der Waals surface area contributed by atoms with E-state index < -0.39 is 35.2 Å². The number of hydrogen-bond acceptors (Lipinski definition) is 6. The summed E-state index contributed by atoms with van der Waals surface area (Å²) in [7, 11) is 1.78. The molecule has 4 N–H and O–H groups in total. The summed E-state index contributed by atoms with van der Waals surface area (Å²) in [5, 5.41) is 18.3. The molecular weight excluding hydrogens is 602 g/mol. The maximum Gasteiger partial charge on any atom is 0.328 e. The molecule has 3 saturated heterocycles. The van der Waals surface area contributed by atoms with Crippen molar-refractivity contribution < 1.29 is 29.1 Å². The van der Waals surface area contributed by atoms with E-state index in [-0.39, 0.29) is 24.3 Å². The molecule has 3 fully saturated rings. The van der Waals surface area contributed by atoms with Gasteiger partial charge in [0.15, 0.2) is 0 Å². The van der Waals surface area contributed by atoms with E-state index in [4.69, 9.17) is 0 Å². The quantitative estimate of drug-likeness (QED) is 0.343. The molecule has 0 radical (unpaired) electrons. The first kappa shape index (κ1) is 33.6. The number of urea groups is 2. The average Bonchev–Trinajstić information content (AvgIpc) is 3.32. The Kier molecular flexibility index (Phi) is 9.92. The number of benzene rings is 2. The SMILES string of the molecule is CC(C)C(=O)NC1(c2ccccc2)CCN(C(=O)NC(CNC(=O)N2CCC3(CC2)C(=O)N(C)CN3c2ccccc2)C(=O)O)CC1. The first-order valence-electron chi connectivity index (χ1n) is 16.2. The first-order valence-corrected chi connectivity index (χ1v) is 16.2.